The average Bonchev–Trinajstić information content (AvgIpc) is 2.98. The second-order valence-corrected chi connectivity index (χ2v) is 8.85. The normalized spacial score (nSPS) is 28.9. The monoisotopic (exact) mass is 639 g/mol. The Kier molecular flexibility index (Phi) is 15.3. The van der Waals surface area contributed by atoms with Gasteiger partial charge in [0, 0.05) is 69.4 Å². The molecule has 1 heterocycles. The van der Waals surface area contributed by atoms with E-state index in [9.17, 15) is 14.7 Å². The van der Waals surface area contributed by atoms with Crippen molar-refractivity contribution in [3.63, 3.8) is 0 Å². The fraction of sp³-hybridized carbons (Fsp3) is 0.913. The van der Waals surface area contributed by atoms with Gasteiger partial charge < -0.3 is 24.1 Å². The molecule has 6 nitrogen and oxygen atoms in total. The third-order valence-corrected chi connectivity index (χ3v) is 6.05. The summed E-state index contributed by atoms with van der Waals surface area (Å²) in [5.74, 6) is -0.347. The van der Waals surface area contributed by atoms with Crippen molar-refractivity contribution < 1.29 is 73.0 Å². The Morgan fingerprint density at radius 2 is 1.83 bits per heavy atom. The van der Waals surface area contributed by atoms with Gasteiger partial charge in [-0.2, -0.15) is 0 Å². The van der Waals surface area contributed by atoms with Gasteiger partial charge in [0.2, 0.25) is 0 Å². The van der Waals surface area contributed by atoms with Gasteiger partial charge in [-0.15, -0.1) is 0 Å². The van der Waals surface area contributed by atoms with E-state index in [4.69, 9.17) is 14.2 Å². The van der Waals surface area contributed by atoms with Gasteiger partial charge in [-0.3, -0.25) is 4.79 Å². The predicted octanol–water partition coefficient (Wildman–Crippen LogP) is 4.17. The molecule has 5 unspecified atom stereocenters. The number of unbranched alkanes of at least 4 members (excludes halogenated alkanes) is 5. The molecule has 2 rings (SSSR count). The van der Waals surface area contributed by atoms with Crippen LogP contribution in [0.5, 0.6) is 0 Å². The smallest absolute Gasteiger partial charge is 0.306 e. The second kappa shape index (κ2) is 16.1. The van der Waals surface area contributed by atoms with Gasteiger partial charge in [-0.05, 0) is 51.9 Å². The number of rotatable bonds is 13. The SMILES string of the molecule is CC(C)OC(=O)CCCCCCCCC1C(O)CC(OC2CCCCO2)C1C=O.[Ac]. The van der Waals surface area contributed by atoms with Crippen molar-refractivity contribution >= 4 is 12.3 Å². The molecule has 1 aliphatic carbocycles. The van der Waals surface area contributed by atoms with Crippen molar-refractivity contribution in [3.8, 4) is 0 Å². The van der Waals surface area contributed by atoms with E-state index in [-0.39, 0.29) is 80.4 Å². The van der Waals surface area contributed by atoms with Crippen molar-refractivity contribution in [2.24, 2.45) is 11.8 Å². The Labute approximate surface area is 217 Å². The van der Waals surface area contributed by atoms with Crippen LogP contribution in [0.4, 0.5) is 0 Å². The summed E-state index contributed by atoms with van der Waals surface area (Å²) in [6.07, 6.45) is 11.2. The molecule has 1 aliphatic heterocycles. The zero-order valence-electron chi connectivity index (χ0n) is 18.8. The first-order valence-electron chi connectivity index (χ1n) is 11.6. The van der Waals surface area contributed by atoms with Gasteiger partial charge in [0.15, 0.2) is 6.29 Å². The standard InChI is InChI=1S/C23H40O6.Ac/c1-17(2)28-22(26)12-8-6-4-3-5-7-11-18-19(16-24)21(15-20(18)25)29-23-13-9-10-14-27-23;/h16-21,23,25H,3-15H2,1-2H3;. The molecule has 0 bridgehead atoms. The second-order valence-electron chi connectivity index (χ2n) is 8.85. The zero-order chi connectivity index (χ0) is 21.1. The molecule has 1 N–H and O–H groups in total. The number of carbonyl (C=O) groups excluding carboxylic acids is 2. The number of aliphatic hydroxyl groups excluding tert-OH is 1. The van der Waals surface area contributed by atoms with Crippen LogP contribution in [0.15, 0.2) is 0 Å². The molecule has 0 aromatic rings. The van der Waals surface area contributed by atoms with Crippen LogP contribution in [0.3, 0.4) is 0 Å². The molecule has 0 aromatic carbocycles. The Hall–Kier alpha value is 0.462. The Balaban J connectivity index is 0.00000450. The topological polar surface area (TPSA) is 82.1 Å². The summed E-state index contributed by atoms with van der Waals surface area (Å²) >= 11 is 0. The van der Waals surface area contributed by atoms with E-state index < -0.39 is 6.10 Å². The van der Waals surface area contributed by atoms with Crippen molar-refractivity contribution in [3.05, 3.63) is 0 Å². The van der Waals surface area contributed by atoms with E-state index in [0.29, 0.717) is 19.4 Å². The maximum absolute atomic E-state index is 11.7. The van der Waals surface area contributed by atoms with Gasteiger partial charge >= 0.3 is 5.97 Å². The van der Waals surface area contributed by atoms with Crippen molar-refractivity contribution in [1.29, 1.82) is 0 Å². The minimum Gasteiger partial charge on any atom is -0.463 e. The first kappa shape index (κ1) is 28.5. The Morgan fingerprint density at radius 1 is 1.13 bits per heavy atom. The van der Waals surface area contributed by atoms with E-state index in [0.717, 1.165) is 70.5 Å². The number of hydrogen-bond acceptors (Lipinski definition) is 6. The molecule has 1 saturated carbocycles. The number of hydrogen-bond donors (Lipinski definition) is 1. The molecule has 2 fully saturated rings. The predicted molar refractivity (Wildman–Crippen MR) is 110 cm³/mol. The first-order valence-corrected chi connectivity index (χ1v) is 11.6. The number of aldehydes is 1. The van der Waals surface area contributed by atoms with E-state index in [1.54, 1.807) is 0 Å². The van der Waals surface area contributed by atoms with Crippen molar-refractivity contribution in [2.75, 3.05) is 6.61 Å². The summed E-state index contributed by atoms with van der Waals surface area (Å²) < 4.78 is 16.8. The van der Waals surface area contributed by atoms with Gasteiger partial charge in [0.25, 0.3) is 0 Å². The number of esters is 1. The third kappa shape index (κ3) is 10.4. The summed E-state index contributed by atoms with van der Waals surface area (Å²) in [5.41, 5.74) is 0. The van der Waals surface area contributed by atoms with Crippen LogP contribution in [-0.4, -0.2) is 48.6 Å². The summed E-state index contributed by atoms with van der Waals surface area (Å²) in [4.78, 5) is 23.2. The van der Waals surface area contributed by atoms with E-state index in [1.807, 2.05) is 13.8 Å². The average molecular weight is 640 g/mol. The maximum atomic E-state index is 11.7. The molecule has 0 amide bonds. The largest absolute Gasteiger partial charge is 0.463 e. The molecule has 0 spiro atoms. The van der Waals surface area contributed by atoms with Crippen LogP contribution in [0.2, 0.25) is 0 Å². The minimum absolute atomic E-state index is 0. The molecule has 7 heteroatoms. The Morgan fingerprint density at radius 3 is 2.47 bits per heavy atom. The van der Waals surface area contributed by atoms with Crippen molar-refractivity contribution in [2.45, 2.75) is 115 Å². The molecule has 171 valence electrons. The van der Waals surface area contributed by atoms with Gasteiger partial charge in [-0.25, -0.2) is 0 Å². The molecule has 0 aromatic heterocycles. The van der Waals surface area contributed by atoms with Crippen LogP contribution in [0, 0.1) is 55.9 Å². The van der Waals surface area contributed by atoms with E-state index in [1.165, 1.54) is 0 Å². The van der Waals surface area contributed by atoms with E-state index >= 15 is 0 Å². The fourth-order valence-corrected chi connectivity index (χ4v) is 4.51. The molecule has 1 radical (unpaired) electrons. The number of carbonyl (C=O) groups is 2. The van der Waals surface area contributed by atoms with Gasteiger partial charge in [0.1, 0.15) is 6.29 Å². The molecule has 2 aliphatic rings. The number of ether oxygens (including phenoxy) is 3. The molecule has 1 saturated heterocycles. The summed E-state index contributed by atoms with van der Waals surface area (Å²) in [6, 6.07) is 0. The van der Waals surface area contributed by atoms with E-state index in [2.05, 4.69) is 0 Å². The molecular formula is C23H40AcO6. The van der Waals surface area contributed by atoms with Crippen LogP contribution < -0.4 is 0 Å². The first-order chi connectivity index (χ1) is 14.0. The van der Waals surface area contributed by atoms with Crippen LogP contribution in [-0.2, 0) is 23.8 Å². The zero-order valence-corrected chi connectivity index (χ0v) is 23.5. The summed E-state index contributed by atoms with van der Waals surface area (Å²) in [6.45, 7) is 4.45. The Bertz CT molecular complexity index is 480. The minimum atomic E-state index is -0.467. The van der Waals surface area contributed by atoms with Gasteiger partial charge in [-0.1, -0.05) is 32.1 Å². The quantitative estimate of drug-likeness (QED) is 0.185. The van der Waals surface area contributed by atoms with Gasteiger partial charge in [0.05, 0.1) is 18.3 Å². The van der Waals surface area contributed by atoms with Crippen molar-refractivity contribution in [1.82, 2.24) is 0 Å². The summed E-state index contributed by atoms with van der Waals surface area (Å²) in [7, 11) is 0. The third-order valence-electron chi connectivity index (χ3n) is 6.05. The maximum Gasteiger partial charge on any atom is 0.306 e. The van der Waals surface area contributed by atoms with Crippen LogP contribution in [0.25, 0.3) is 0 Å². The molecule has 30 heavy (non-hydrogen) atoms. The number of aliphatic hydroxyl groups is 1. The van der Waals surface area contributed by atoms with Crippen LogP contribution >= 0.6 is 0 Å². The fourth-order valence-electron chi connectivity index (χ4n) is 4.51. The van der Waals surface area contributed by atoms with Crippen LogP contribution in [0.1, 0.15) is 90.9 Å². The molecular weight excluding hydrogens is 599 g/mol. The summed E-state index contributed by atoms with van der Waals surface area (Å²) in [5, 5.41) is 10.5. The molecule has 5 atom stereocenters.